The topological polar surface area (TPSA) is 36.7 Å². The third kappa shape index (κ3) is 2.21. The van der Waals surface area contributed by atoms with E-state index >= 15 is 0 Å². The number of aromatic nitrogens is 1. The average Bonchev–Trinajstić information content (AvgIpc) is 2.93. The van der Waals surface area contributed by atoms with Crippen molar-refractivity contribution in [3.63, 3.8) is 0 Å². The van der Waals surface area contributed by atoms with Crippen LogP contribution in [0.25, 0.3) is 0 Å². The summed E-state index contributed by atoms with van der Waals surface area (Å²) >= 11 is 5.63. The van der Waals surface area contributed by atoms with Crippen molar-refractivity contribution < 1.29 is 0 Å². The van der Waals surface area contributed by atoms with Crippen LogP contribution in [-0.2, 0) is 0 Å². The lowest BCUT2D eigenvalue weighted by molar-refractivity contribution is 1.09. The van der Waals surface area contributed by atoms with Crippen molar-refractivity contribution in [2.45, 2.75) is 18.8 Å². The molecule has 0 unspecified atom stereocenters. The van der Waals surface area contributed by atoms with Gasteiger partial charge in [-0.05, 0) is 30.4 Å². The third-order valence-electron chi connectivity index (χ3n) is 1.80. The molecule has 1 heterocycles. The first-order chi connectivity index (χ1) is 5.86. The molecule has 1 saturated carbocycles. The highest BCUT2D eigenvalue weighted by Gasteiger charge is 2.23. The standard InChI is InChI=1S/C8H8ClN.CHN/c9-8-4-3-7(5-10-8)6-1-2-6;1-2/h3-6H,1-2H2;1H. The molecule has 3 heteroatoms. The number of halogens is 1. The van der Waals surface area contributed by atoms with Gasteiger partial charge < -0.3 is 0 Å². The van der Waals surface area contributed by atoms with Gasteiger partial charge in [0, 0.05) is 12.8 Å². The highest BCUT2D eigenvalue weighted by atomic mass is 35.5. The summed E-state index contributed by atoms with van der Waals surface area (Å²) in [5, 5.41) is 7.09. The van der Waals surface area contributed by atoms with Gasteiger partial charge in [0.2, 0.25) is 0 Å². The van der Waals surface area contributed by atoms with Crippen LogP contribution < -0.4 is 0 Å². The van der Waals surface area contributed by atoms with E-state index < -0.39 is 0 Å². The van der Waals surface area contributed by atoms with Crippen LogP contribution in [0.5, 0.6) is 0 Å². The van der Waals surface area contributed by atoms with Gasteiger partial charge in [0.25, 0.3) is 0 Å². The highest BCUT2D eigenvalue weighted by Crippen LogP contribution is 2.39. The summed E-state index contributed by atoms with van der Waals surface area (Å²) < 4.78 is 0. The van der Waals surface area contributed by atoms with E-state index in [2.05, 4.69) is 17.6 Å². The molecule has 0 atom stereocenters. The van der Waals surface area contributed by atoms with Crippen LogP contribution in [0.2, 0.25) is 5.15 Å². The van der Waals surface area contributed by atoms with Gasteiger partial charge in [-0.1, -0.05) is 17.7 Å². The molecule has 1 fully saturated rings. The second kappa shape index (κ2) is 4.08. The first-order valence-corrected chi connectivity index (χ1v) is 4.11. The van der Waals surface area contributed by atoms with Crippen LogP contribution in [0.3, 0.4) is 0 Å². The maximum absolute atomic E-state index is 6.50. The van der Waals surface area contributed by atoms with E-state index in [1.165, 1.54) is 18.4 Å². The summed E-state index contributed by atoms with van der Waals surface area (Å²) in [4.78, 5) is 4.01. The van der Waals surface area contributed by atoms with Gasteiger partial charge >= 0.3 is 0 Å². The predicted octanol–water partition coefficient (Wildman–Crippen LogP) is 2.75. The maximum Gasteiger partial charge on any atom is 0.129 e. The molecule has 0 radical (unpaired) electrons. The Morgan fingerprint density at radius 2 is 2.08 bits per heavy atom. The van der Waals surface area contributed by atoms with Crippen LogP contribution in [0.15, 0.2) is 18.3 Å². The molecule has 0 bridgehead atoms. The summed E-state index contributed by atoms with van der Waals surface area (Å²) in [5.74, 6) is 0.782. The number of hydrogen-bond donors (Lipinski definition) is 0. The average molecular weight is 181 g/mol. The molecule has 0 aliphatic heterocycles. The largest absolute Gasteiger partial charge is 0.244 e. The molecule has 1 aromatic rings. The monoisotopic (exact) mass is 180 g/mol. The molecular formula is C9H9ClN2. The van der Waals surface area contributed by atoms with Crippen molar-refractivity contribution in [3.8, 4) is 6.57 Å². The molecule has 2 nitrogen and oxygen atoms in total. The maximum atomic E-state index is 6.50. The van der Waals surface area contributed by atoms with Crippen LogP contribution in [0, 0.1) is 11.8 Å². The number of hydrogen-bond acceptors (Lipinski definition) is 2. The molecule has 1 aliphatic rings. The van der Waals surface area contributed by atoms with Gasteiger partial charge in [-0.3, -0.25) is 0 Å². The van der Waals surface area contributed by atoms with Crippen molar-refractivity contribution in [1.82, 2.24) is 4.98 Å². The number of rotatable bonds is 1. The molecular weight excluding hydrogens is 172 g/mol. The van der Waals surface area contributed by atoms with E-state index in [4.69, 9.17) is 16.9 Å². The normalized spacial score (nSPS) is 14.6. The quantitative estimate of drug-likeness (QED) is 0.624. The minimum atomic E-state index is 0.587. The Morgan fingerprint density at radius 3 is 2.50 bits per heavy atom. The summed E-state index contributed by atoms with van der Waals surface area (Å²) in [6.07, 6.45) is 4.52. The zero-order chi connectivity index (χ0) is 8.97. The van der Waals surface area contributed by atoms with Gasteiger partial charge in [0.1, 0.15) is 5.15 Å². The lowest BCUT2D eigenvalue weighted by Gasteiger charge is -1.94. The molecule has 0 amide bonds. The first-order valence-electron chi connectivity index (χ1n) is 3.73. The second-order valence-corrected chi connectivity index (χ2v) is 3.08. The van der Waals surface area contributed by atoms with E-state index in [1.807, 2.05) is 12.3 Å². The lowest BCUT2D eigenvalue weighted by atomic mass is 10.2. The Labute approximate surface area is 76.8 Å². The van der Waals surface area contributed by atoms with E-state index in [-0.39, 0.29) is 0 Å². The van der Waals surface area contributed by atoms with Crippen LogP contribution in [-0.4, -0.2) is 4.98 Å². The Morgan fingerprint density at radius 1 is 1.42 bits per heavy atom. The van der Waals surface area contributed by atoms with Crippen molar-refractivity contribution >= 4 is 11.6 Å². The Kier molecular flexibility index (Phi) is 3.07. The van der Waals surface area contributed by atoms with Crippen molar-refractivity contribution in [2.75, 3.05) is 0 Å². The van der Waals surface area contributed by atoms with Crippen molar-refractivity contribution in [2.24, 2.45) is 0 Å². The van der Waals surface area contributed by atoms with E-state index in [0.29, 0.717) is 5.15 Å². The Bertz CT molecular complexity index is 262. The molecule has 1 aliphatic carbocycles. The van der Waals surface area contributed by atoms with Crippen LogP contribution >= 0.6 is 11.6 Å². The second-order valence-electron chi connectivity index (χ2n) is 2.69. The summed E-state index contributed by atoms with van der Waals surface area (Å²) in [6.45, 7) is 3.50. The molecule has 62 valence electrons. The number of pyridine rings is 1. The third-order valence-corrected chi connectivity index (χ3v) is 2.02. The number of nitriles is 1. The summed E-state index contributed by atoms with van der Waals surface area (Å²) in [7, 11) is 0. The zero-order valence-electron chi connectivity index (χ0n) is 6.57. The molecule has 0 aromatic carbocycles. The van der Waals surface area contributed by atoms with Gasteiger partial charge in [0.15, 0.2) is 0 Å². The SMILES string of the molecule is C#N.Clc1ccc(C2CC2)cn1. The first kappa shape index (κ1) is 9.02. The van der Waals surface area contributed by atoms with Gasteiger partial charge in [-0.15, -0.1) is 0 Å². The fraction of sp³-hybridized carbons (Fsp3) is 0.333. The van der Waals surface area contributed by atoms with Gasteiger partial charge in [-0.25, -0.2) is 10.2 Å². The molecule has 2 rings (SSSR count). The molecule has 0 N–H and O–H groups in total. The summed E-state index contributed by atoms with van der Waals surface area (Å²) in [6, 6.07) is 3.92. The molecule has 12 heavy (non-hydrogen) atoms. The van der Waals surface area contributed by atoms with E-state index in [9.17, 15) is 0 Å². The van der Waals surface area contributed by atoms with Gasteiger partial charge in [-0.2, -0.15) is 0 Å². The van der Waals surface area contributed by atoms with E-state index in [0.717, 1.165) is 5.92 Å². The Balaban J connectivity index is 0.000000336. The fourth-order valence-corrected chi connectivity index (χ4v) is 1.16. The van der Waals surface area contributed by atoms with Crippen LogP contribution in [0.4, 0.5) is 0 Å². The van der Waals surface area contributed by atoms with Crippen molar-refractivity contribution in [3.05, 3.63) is 29.0 Å². The van der Waals surface area contributed by atoms with Crippen LogP contribution in [0.1, 0.15) is 24.3 Å². The predicted molar refractivity (Wildman–Crippen MR) is 47.9 cm³/mol. The smallest absolute Gasteiger partial charge is 0.129 e. The lowest BCUT2D eigenvalue weighted by Crippen LogP contribution is -1.80. The van der Waals surface area contributed by atoms with Gasteiger partial charge in [0.05, 0.1) is 0 Å². The highest BCUT2D eigenvalue weighted by molar-refractivity contribution is 6.29. The fourth-order valence-electron chi connectivity index (χ4n) is 1.05. The van der Waals surface area contributed by atoms with E-state index in [1.54, 1.807) is 0 Å². The Hall–Kier alpha value is -1.07. The molecule has 0 saturated heterocycles. The minimum Gasteiger partial charge on any atom is -0.244 e. The number of nitrogens with zero attached hydrogens (tertiary/aromatic N) is 2. The van der Waals surface area contributed by atoms with Crippen molar-refractivity contribution in [1.29, 1.82) is 5.26 Å². The zero-order valence-corrected chi connectivity index (χ0v) is 7.33. The minimum absolute atomic E-state index is 0.587. The summed E-state index contributed by atoms with van der Waals surface area (Å²) in [5.41, 5.74) is 1.34. The molecule has 1 aromatic heterocycles. The molecule has 0 spiro atoms.